The molecule has 1 heterocycles. The standard InChI is InChI=1S/C11H18Cl2N2/c1-5-11(3,7-12)6-9-10(13)8(2)14-15(9)4/h5-7H2,1-4H3. The van der Waals surface area contributed by atoms with Crippen LogP contribution in [-0.2, 0) is 13.5 Å². The minimum absolute atomic E-state index is 0.103. The van der Waals surface area contributed by atoms with Crippen LogP contribution in [0.5, 0.6) is 0 Å². The molecule has 0 fully saturated rings. The minimum Gasteiger partial charge on any atom is -0.271 e. The first-order valence-electron chi connectivity index (χ1n) is 5.17. The van der Waals surface area contributed by atoms with E-state index < -0.39 is 0 Å². The van der Waals surface area contributed by atoms with Crippen LogP contribution in [0.25, 0.3) is 0 Å². The van der Waals surface area contributed by atoms with Crippen molar-refractivity contribution in [2.75, 3.05) is 5.88 Å². The van der Waals surface area contributed by atoms with Crippen molar-refractivity contribution in [2.45, 2.75) is 33.6 Å². The number of nitrogens with zero attached hydrogens (tertiary/aromatic N) is 2. The second kappa shape index (κ2) is 4.75. The van der Waals surface area contributed by atoms with Crippen LogP contribution in [0.4, 0.5) is 0 Å². The van der Waals surface area contributed by atoms with Gasteiger partial charge in [-0.1, -0.05) is 25.4 Å². The molecule has 0 amide bonds. The first-order valence-corrected chi connectivity index (χ1v) is 6.08. The predicted molar refractivity (Wildman–Crippen MR) is 65.8 cm³/mol. The average molecular weight is 249 g/mol. The normalized spacial score (nSPS) is 15.3. The lowest BCUT2D eigenvalue weighted by Crippen LogP contribution is -2.22. The largest absolute Gasteiger partial charge is 0.271 e. The van der Waals surface area contributed by atoms with E-state index in [1.807, 2.05) is 18.7 Å². The van der Waals surface area contributed by atoms with Gasteiger partial charge in [0.2, 0.25) is 0 Å². The molecule has 0 aliphatic heterocycles. The molecule has 0 saturated heterocycles. The summed E-state index contributed by atoms with van der Waals surface area (Å²) >= 11 is 12.2. The number of aromatic nitrogens is 2. The predicted octanol–water partition coefficient (Wildman–Crippen LogP) is 3.58. The Kier molecular flexibility index (Phi) is 4.07. The van der Waals surface area contributed by atoms with Crippen molar-refractivity contribution in [2.24, 2.45) is 12.5 Å². The Hall–Kier alpha value is -0.210. The van der Waals surface area contributed by atoms with E-state index in [4.69, 9.17) is 23.2 Å². The third kappa shape index (κ3) is 2.67. The molecular weight excluding hydrogens is 231 g/mol. The summed E-state index contributed by atoms with van der Waals surface area (Å²) in [5.41, 5.74) is 2.08. The molecule has 4 heteroatoms. The van der Waals surface area contributed by atoms with Gasteiger partial charge in [-0.15, -0.1) is 11.6 Å². The van der Waals surface area contributed by atoms with Crippen LogP contribution < -0.4 is 0 Å². The van der Waals surface area contributed by atoms with E-state index >= 15 is 0 Å². The summed E-state index contributed by atoms with van der Waals surface area (Å²) in [6.45, 7) is 6.26. The lowest BCUT2D eigenvalue weighted by Gasteiger charge is -2.25. The maximum absolute atomic E-state index is 6.21. The van der Waals surface area contributed by atoms with Crippen molar-refractivity contribution in [1.29, 1.82) is 0 Å². The van der Waals surface area contributed by atoms with Crippen molar-refractivity contribution in [3.63, 3.8) is 0 Å². The van der Waals surface area contributed by atoms with Gasteiger partial charge >= 0.3 is 0 Å². The summed E-state index contributed by atoms with van der Waals surface area (Å²) in [5, 5.41) is 5.08. The summed E-state index contributed by atoms with van der Waals surface area (Å²) in [7, 11) is 1.93. The van der Waals surface area contributed by atoms with E-state index in [0.717, 1.165) is 29.3 Å². The number of hydrogen-bond donors (Lipinski definition) is 0. The molecule has 2 nitrogen and oxygen atoms in total. The molecule has 0 bridgehead atoms. The molecule has 0 N–H and O–H groups in total. The molecule has 1 aromatic rings. The second-order valence-electron chi connectivity index (χ2n) is 4.44. The molecule has 0 aromatic carbocycles. The Morgan fingerprint density at radius 1 is 1.47 bits per heavy atom. The molecule has 1 aromatic heterocycles. The van der Waals surface area contributed by atoms with Gasteiger partial charge in [0.25, 0.3) is 0 Å². The van der Waals surface area contributed by atoms with Gasteiger partial charge in [-0.2, -0.15) is 5.10 Å². The van der Waals surface area contributed by atoms with Gasteiger partial charge in [0, 0.05) is 12.9 Å². The fourth-order valence-corrected chi connectivity index (χ4v) is 2.05. The Morgan fingerprint density at radius 2 is 2.07 bits per heavy atom. The van der Waals surface area contributed by atoms with E-state index in [1.165, 1.54) is 0 Å². The molecule has 86 valence electrons. The monoisotopic (exact) mass is 248 g/mol. The third-order valence-corrected chi connectivity index (χ3v) is 4.17. The van der Waals surface area contributed by atoms with Crippen LogP contribution in [0.3, 0.4) is 0 Å². The molecule has 0 spiro atoms. The van der Waals surface area contributed by atoms with Crippen LogP contribution in [0.1, 0.15) is 31.7 Å². The van der Waals surface area contributed by atoms with E-state index in [2.05, 4.69) is 18.9 Å². The van der Waals surface area contributed by atoms with Crippen molar-refractivity contribution in [3.8, 4) is 0 Å². The smallest absolute Gasteiger partial charge is 0.0847 e. The quantitative estimate of drug-likeness (QED) is 0.746. The average Bonchev–Trinajstić information content (AvgIpc) is 2.45. The van der Waals surface area contributed by atoms with Gasteiger partial charge in [-0.3, -0.25) is 4.68 Å². The molecule has 1 rings (SSSR count). The van der Waals surface area contributed by atoms with Crippen LogP contribution in [0.15, 0.2) is 0 Å². The van der Waals surface area contributed by atoms with Crippen molar-refractivity contribution in [1.82, 2.24) is 9.78 Å². The highest BCUT2D eigenvalue weighted by molar-refractivity contribution is 6.31. The fraction of sp³-hybridized carbons (Fsp3) is 0.727. The number of halogens is 2. The summed E-state index contributed by atoms with van der Waals surface area (Å²) in [4.78, 5) is 0. The van der Waals surface area contributed by atoms with E-state index in [0.29, 0.717) is 5.88 Å². The van der Waals surface area contributed by atoms with Crippen molar-refractivity contribution >= 4 is 23.2 Å². The zero-order chi connectivity index (χ0) is 11.6. The van der Waals surface area contributed by atoms with Crippen molar-refractivity contribution < 1.29 is 0 Å². The molecule has 0 aliphatic carbocycles. The van der Waals surface area contributed by atoms with Crippen LogP contribution >= 0.6 is 23.2 Å². The maximum Gasteiger partial charge on any atom is 0.0847 e. The number of aryl methyl sites for hydroxylation is 2. The molecule has 0 saturated carbocycles. The van der Waals surface area contributed by atoms with E-state index in [9.17, 15) is 0 Å². The Labute approximate surface area is 102 Å². The van der Waals surface area contributed by atoms with Crippen molar-refractivity contribution in [3.05, 3.63) is 16.4 Å². The zero-order valence-electron chi connectivity index (χ0n) is 9.77. The zero-order valence-corrected chi connectivity index (χ0v) is 11.3. The van der Waals surface area contributed by atoms with Gasteiger partial charge in [-0.25, -0.2) is 0 Å². The number of hydrogen-bond acceptors (Lipinski definition) is 1. The first kappa shape index (κ1) is 12.9. The van der Waals surface area contributed by atoms with E-state index in [-0.39, 0.29) is 5.41 Å². The van der Waals surface area contributed by atoms with Gasteiger partial charge in [-0.05, 0) is 25.2 Å². The maximum atomic E-state index is 6.21. The highest BCUT2D eigenvalue weighted by atomic mass is 35.5. The van der Waals surface area contributed by atoms with Gasteiger partial charge in [0.1, 0.15) is 0 Å². The number of alkyl halides is 1. The SMILES string of the molecule is CCC(C)(CCl)Cc1c(Cl)c(C)nn1C. The van der Waals surface area contributed by atoms with Crippen LogP contribution in [0.2, 0.25) is 5.02 Å². The highest BCUT2D eigenvalue weighted by Crippen LogP contribution is 2.31. The summed E-state index contributed by atoms with van der Waals surface area (Å²) < 4.78 is 1.86. The van der Waals surface area contributed by atoms with Gasteiger partial charge < -0.3 is 0 Å². The molecular formula is C11H18Cl2N2. The summed E-state index contributed by atoms with van der Waals surface area (Å²) in [6.07, 6.45) is 1.92. The molecule has 15 heavy (non-hydrogen) atoms. The first-order chi connectivity index (χ1) is 6.93. The Morgan fingerprint density at radius 3 is 2.40 bits per heavy atom. The third-order valence-electron chi connectivity index (χ3n) is 3.03. The molecule has 0 aliphatic rings. The van der Waals surface area contributed by atoms with Gasteiger partial charge in [0.05, 0.1) is 16.4 Å². The molecule has 1 atom stereocenters. The molecule has 1 unspecified atom stereocenters. The lowest BCUT2D eigenvalue weighted by molar-refractivity contribution is 0.346. The van der Waals surface area contributed by atoms with Crippen LogP contribution in [-0.4, -0.2) is 15.7 Å². The van der Waals surface area contributed by atoms with Crippen LogP contribution in [0, 0.1) is 12.3 Å². The summed E-state index contributed by atoms with van der Waals surface area (Å²) in [5.74, 6) is 0.643. The second-order valence-corrected chi connectivity index (χ2v) is 5.09. The van der Waals surface area contributed by atoms with E-state index in [1.54, 1.807) is 0 Å². The number of rotatable bonds is 4. The molecule has 0 radical (unpaired) electrons. The Bertz CT molecular complexity index is 341. The lowest BCUT2D eigenvalue weighted by atomic mass is 9.85. The topological polar surface area (TPSA) is 17.8 Å². The Balaban J connectivity index is 2.98. The highest BCUT2D eigenvalue weighted by Gasteiger charge is 2.25. The van der Waals surface area contributed by atoms with Gasteiger partial charge in [0.15, 0.2) is 0 Å². The summed E-state index contributed by atoms with van der Waals surface area (Å²) in [6, 6.07) is 0. The fourth-order valence-electron chi connectivity index (χ4n) is 1.54. The minimum atomic E-state index is 0.103.